The smallest absolute Gasteiger partial charge is 0.308 e. The summed E-state index contributed by atoms with van der Waals surface area (Å²) in [5.41, 5.74) is 0. The van der Waals surface area contributed by atoms with Crippen LogP contribution in [0.15, 0.2) is 0 Å². The van der Waals surface area contributed by atoms with Crippen LogP contribution in [-0.2, 0) is 9.59 Å². The molecule has 0 rings (SSSR count). The molecule has 6 heteroatoms. The second-order valence-corrected chi connectivity index (χ2v) is 4.14. The molecule has 0 saturated carbocycles. The Labute approximate surface area is 108 Å². The third-order valence-electron chi connectivity index (χ3n) is 2.04. The third-order valence-corrected chi connectivity index (χ3v) is 2.26. The minimum atomic E-state index is -0.930. The Bertz CT molecular complexity index is 224. The lowest BCUT2D eigenvalue weighted by Crippen LogP contribution is -2.24. The minimum absolute atomic E-state index is 0.00838. The second kappa shape index (κ2) is 11.7. The lowest BCUT2D eigenvalue weighted by atomic mass is 10.0. The van der Waals surface area contributed by atoms with E-state index in [0.717, 1.165) is 6.42 Å². The summed E-state index contributed by atoms with van der Waals surface area (Å²) in [6.45, 7) is 5.59. The molecule has 0 saturated heterocycles. The molecule has 0 aromatic heterocycles. The number of aliphatic hydroxyl groups is 1. The largest absolute Gasteiger partial charge is 0.481 e. The van der Waals surface area contributed by atoms with Crippen molar-refractivity contribution in [1.29, 1.82) is 0 Å². The molecule has 0 spiro atoms. The maximum Gasteiger partial charge on any atom is 0.308 e. The molecular formula is C11H23NO4S. The zero-order valence-corrected chi connectivity index (χ0v) is 11.5. The van der Waals surface area contributed by atoms with Crippen LogP contribution >= 0.6 is 12.6 Å². The number of carbonyl (C=O) groups excluding carboxylic acids is 1. The molecule has 0 unspecified atom stereocenters. The predicted octanol–water partition coefficient (Wildman–Crippen LogP) is 0.920. The first kappa shape index (κ1) is 18.6. The highest BCUT2D eigenvalue weighted by molar-refractivity contribution is 7.80. The standard InChI is InChI=1S/C7H14O3.C4H9NOS/c1-3-4-6(8)5(2)7(9)10;1-4(6)5-2-3-7/h5-6,8H,3-4H2,1-2H3,(H,9,10);7H,2-3H2,1H3,(H,5,6)/t5-,6+;/m0./s1. The first-order chi connectivity index (χ1) is 7.86. The number of carboxylic acids is 1. The van der Waals surface area contributed by atoms with Crippen LogP contribution in [0.1, 0.15) is 33.6 Å². The number of carboxylic acid groups (broad SMARTS) is 1. The van der Waals surface area contributed by atoms with Crippen molar-refractivity contribution in [3.8, 4) is 0 Å². The Morgan fingerprint density at radius 3 is 2.18 bits per heavy atom. The zero-order chi connectivity index (χ0) is 13.8. The molecule has 1 amide bonds. The summed E-state index contributed by atoms with van der Waals surface area (Å²) in [5, 5.41) is 20.1. The minimum Gasteiger partial charge on any atom is -0.481 e. The van der Waals surface area contributed by atoms with Crippen molar-refractivity contribution < 1.29 is 19.8 Å². The molecule has 3 N–H and O–H groups in total. The van der Waals surface area contributed by atoms with E-state index in [9.17, 15) is 9.59 Å². The second-order valence-electron chi connectivity index (χ2n) is 3.69. The van der Waals surface area contributed by atoms with E-state index < -0.39 is 18.0 Å². The van der Waals surface area contributed by atoms with Gasteiger partial charge in [-0.05, 0) is 13.3 Å². The Balaban J connectivity index is 0. The summed E-state index contributed by atoms with van der Waals surface area (Å²) in [6, 6.07) is 0. The van der Waals surface area contributed by atoms with Gasteiger partial charge in [-0.2, -0.15) is 12.6 Å². The van der Waals surface area contributed by atoms with Crippen LogP contribution in [0, 0.1) is 5.92 Å². The van der Waals surface area contributed by atoms with E-state index in [1.807, 2.05) is 6.92 Å². The Hall–Kier alpha value is -0.750. The number of thiol groups is 1. The summed E-state index contributed by atoms with van der Waals surface area (Å²) in [6.07, 6.45) is 0.689. The number of amides is 1. The SMILES string of the molecule is CC(=O)NCCS.CCC[C@@H](O)[C@H](C)C(=O)O. The van der Waals surface area contributed by atoms with Gasteiger partial charge in [0.15, 0.2) is 0 Å². The van der Waals surface area contributed by atoms with Crippen molar-refractivity contribution in [3.63, 3.8) is 0 Å². The van der Waals surface area contributed by atoms with E-state index in [2.05, 4.69) is 17.9 Å². The van der Waals surface area contributed by atoms with Crippen molar-refractivity contribution in [3.05, 3.63) is 0 Å². The average Bonchev–Trinajstić information content (AvgIpc) is 2.26. The molecule has 0 fully saturated rings. The summed E-state index contributed by atoms with van der Waals surface area (Å²) >= 11 is 3.88. The van der Waals surface area contributed by atoms with Gasteiger partial charge in [0.2, 0.25) is 5.91 Å². The fourth-order valence-corrected chi connectivity index (χ4v) is 1.05. The van der Waals surface area contributed by atoms with Crippen molar-refractivity contribution in [2.24, 2.45) is 5.92 Å². The van der Waals surface area contributed by atoms with E-state index in [1.54, 1.807) is 0 Å². The molecule has 102 valence electrons. The molecule has 0 heterocycles. The first-order valence-corrected chi connectivity index (χ1v) is 6.26. The molecule has 17 heavy (non-hydrogen) atoms. The van der Waals surface area contributed by atoms with Crippen LogP contribution in [0.25, 0.3) is 0 Å². The van der Waals surface area contributed by atoms with E-state index in [0.29, 0.717) is 18.7 Å². The van der Waals surface area contributed by atoms with Gasteiger partial charge in [0.05, 0.1) is 12.0 Å². The Morgan fingerprint density at radius 1 is 1.41 bits per heavy atom. The van der Waals surface area contributed by atoms with Crippen molar-refractivity contribution >= 4 is 24.5 Å². The van der Waals surface area contributed by atoms with Crippen LogP contribution in [-0.4, -0.2) is 40.5 Å². The quantitative estimate of drug-likeness (QED) is 0.538. The van der Waals surface area contributed by atoms with E-state index in [1.165, 1.54) is 13.8 Å². The van der Waals surface area contributed by atoms with E-state index in [4.69, 9.17) is 10.2 Å². The summed E-state index contributed by atoms with van der Waals surface area (Å²) in [5.74, 6) is -0.852. The van der Waals surface area contributed by atoms with Crippen LogP contribution in [0.4, 0.5) is 0 Å². The van der Waals surface area contributed by atoms with Gasteiger partial charge in [0.25, 0.3) is 0 Å². The van der Waals surface area contributed by atoms with Crippen LogP contribution in [0.2, 0.25) is 0 Å². The number of aliphatic hydroxyl groups excluding tert-OH is 1. The highest BCUT2D eigenvalue weighted by Gasteiger charge is 2.19. The Morgan fingerprint density at radius 2 is 1.94 bits per heavy atom. The number of carbonyl (C=O) groups is 2. The molecule has 0 aromatic carbocycles. The molecule has 0 aromatic rings. The summed E-state index contributed by atoms with van der Waals surface area (Å²) in [7, 11) is 0. The predicted molar refractivity (Wildman–Crippen MR) is 70.3 cm³/mol. The molecule has 0 aliphatic heterocycles. The number of nitrogens with one attached hydrogen (secondary N) is 1. The van der Waals surface area contributed by atoms with Crippen LogP contribution in [0.5, 0.6) is 0 Å². The monoisotopic (exact) mass is 265 g/mol. The maximum absolute atomic E-state index is 10.3. The fraction of sp³-hybridized carbons (Fsp3) is 0.818. The fourth-order valence-electron chi connectivity index (χ4n) is 0.942. The number of hydrogen-bond donors (Lipinski definition) is 4. The van der Waals surface area contributed by atoms with Crippen LogP contribution < -0.4 is 5.32 Å². The zero-order valence-electron chi connectivity index (χ0n) is 10.6. The van der Waals surface area contributed by atoms with Gasteiger partial charge < -0.3 is 15.5 Å². The molecule has 0 aliphatic rings. The highest BCUT2D eigenvalue weighted by atomic mass is 32.1. The first-order valence-electron chi connectivity index (χ1n) is 5.62. The van der Waals surface area contributed by atoms with E-state index >= 15 is 0 Å². The number of aliphatic carboxylic acids is 1. The summed E-state index contributed by atoms with van der Waals surface area (Å²) in [4.78, 5) is 20.3. The molecule has 5 nitrogen and oxygen atoms in total. The average molecular weight is 265 g/mol. The van der Waals surface area contributed by atoms with Gasteiger partial charge in [0.1, 0.15) is 0 Å². The number of hydrogen-bond acceptors (Lipinski definition) is 4. The molecule has 0 bridgehead atoms. The molecule has 2 atom stereocenters. The van der Waals surface area contributed by atoms with E-state index in [-0.39, 0.29) is 5.91 Å². The van der Waals surface area contributed by atoms with Crippen molar-refractivity contribution in [2.75, 3.05) is 12.3 Å². The third kappa shape index (κ3) is 13.2. The lowest BCUT2D eigenvalue weighted by Gasteiger charge is -2.12. The van der Waals surface area contributed by atoms with Gasteiger partial charge >= 0.3 is 5.97 Å². The molecule has 0 aliphatic carbocycles. The van der Waals surface area contributed by atoms with Gasteiger partial charge in [-0.15, -0.1) is 0 Å². The van der Waals surface area contributed by atoms with Crippen molar-refractivity contribution in [1.82, 2.24) is 5.32 Å². The van der Waals surface area contributed by atoms with Gasteiger partial charge in [-0.3, -0.25) is 9.59 Å². The normalized spacial score (nSPS) is 13.0. The number of rotatable bonds is 6. The van der Waals surface area contributed by atoms with Gasteiger partial charge in [-0.1, -0.05) is 13.3 Å². The van der Waals surface area contributed by atoms with Gasteiger partial charge in [0, 0.05) is 19.2 Å². The highest BCUT2D eigenvalue weighted by Crippen LogP contribution is 2.08. The van der Waals surface area contributed by atoms with Crippen molar-refractivity contribution in [2.45, 2.75) is 39.7 Å². The lowest BCUT2D eigenvalue weighted by molar-refractivity contribution is -0.144. The Kier molecular flexibility index (Phi) is 12.8. The topological polar surface area (TPSA) is 86.6 Å². The van der Waals surface area contributed by atoms with Gasteiger partial charge in [-0.25, -0.2) is 0 Å². The maximum atomic E-state index is 10.3. The van der Waals surface area contributed by atoms with Crippen LogP contribution in [0.3, 0.4) is 0 Å². The molecule has 0 radical (unpaired) electrons. The summed E-state index contributed by atoms with van der Waals surface area (Å²) < 4.78 is 0. The molecular weight excluding hydrogens is 242 g/mol.